The van der Waals surface area contributed by atoms with E-state index in [4.69, 9.17) is 4.74 Å². The van der Waals surface area contributed by atoms with Crippen LogP contribution in [0.5, 0.6) is 0 Å². The molecule has 0 radical (unpaired) electrons. The average Bonchev–Trinajstić information content (AvgIpc) is 3.20. The second kappa shape index (κ2) is 6.06. The van der Waals surface area contributed by atoms with Crippen LogP contribution in [0.2, 0.25) is 0 Å². The fourth-order valence-electron chi connectivity index (χ4n) is 4.13. The van der Waals surface area contributed by atoms with E-state index in [2.05, 4.69) is 16.3 Å². The standard InChI is InChI=1S/C19H23N3O2/c1-12-17(13(2)21-20-12)16-8-5-10-22(16)19(23)18-15-7-4-3-6-14(15)9-11-24-18/h3-4,6-7,16,18H,5,8-11H2,1-2H3,(H,20,21). The predicted molar refractivity (Wildman–Crippen MR) is 90.6 cm³/mol. The van der Waals surface area contributed by atoms with Gasteiger partial charge in [-0.2, -0.15) is 5.10 Å². The first-order valence-corrected chi connectivity index (χ1v) is 8.68. The third-order valence-corrected chi connectivity index (χ3v) is 5.27. The molecule has 1 saturated heterocycles. The van der Waals surface area contributed by atoms with Crippen LogP contribution in [0.15, 0.2) is 24.3 Å². The van der Waals surface area contributed by atoms with Crippen molar-refractivity contribution in [1.29, 1.82) is 0 Å². The average molecular weight is 325 g/mol. The molecule has 126 valence electrons. The number of hydrogen-bond donors (Lipinski definition) is 1. The summed E-state index contributed by atoms with van der Waals surface area (Å²) < 4.78 is 5.89. The molecule has 0 aliphatic carbocycles. The normalized spacial score (nSPS) is 23.3. The van der Waals surface area contributed by atoms with E-state index in [9.17, 15) is 4.79 Å². The van der Waals surface area contributed by atoms with E-state index in [0.29, 0.717) is 6.61 Å². The van der Waals surface area contributed by atoms with Crippen LogP contribution in [0.25, 0.3) is 0 Å². The van der Waals surface area contributed by atoms with Crippen molar-refractivity contribution in [3.63, 3.8) is 0 Å². The minimum atomic E-state index is -0.469. The molecule has 5 nitrogen and oxygen atoms in total. The van der Waals surface area contributed by atoms with Crippen LogP contribution in [0.3, 0.4) is 0 Å². The molecule has 3 heterocycles. The van der Waals surface area contributed by atoms with Crippen LogP contribution in [0.4, 0.5) is 0 Å². The van der Waals surface area contributed by atoms with E-state index in [0.717, 1.165) is 42.8 Å². The molecule has 1 fully saturated rings. The largest absolute Gasteiger partial charge is 0.363 e. The topological polar surface area (TPSA) is 58.2 Å². The molecule has 2 aromatic rings. The van der Waals surface area contributed by atoms with E-state index >= 15 is 0 Å². The number of nitrogens with zero attached hydrogens (tertiary/aromatic N) is 2. The van der Waals surface area contributed by atoms with Crippen molar-refractivity contribution in [2.24, 2.45) is 0 Å². The SMILES string of the molecule is Cc1n[nH]c(C)c1C1CCCN1C(=O)C1OCCc2ccccc21. The molecule has 2 unspecified atom stereocenters. The Morgan fingerprint density at radius 3 is 2.96 bits per heavy atom. The number of ether oxygens (including phenoxy) is 1. The number of carbonyl (C=O) groups excluding carboxylic acids is 1. The number of nitrogens with one attached hydrogen (secondary N) is 1. The van der Waals surface area contributed by atoms with Crippen LogP contribution in [0.1, 0.15) is 53.1 Å². The zero-order chi connectivity index (χ0) is 16.7. The summed E-state index contributed by atoms with van der Waals surface area (Å²) in [5.41, 5.74) is 5.47. The number of amides is 1. The first-order valence-electron chi connectivity index (χ1n) is 8.68. The third-order valence-electron chi connectivity index (χ3n) is 5.27. The van der Waals surface area contributed by atoms with Crippen molar-refractivity contribution >= 4 is 5.91 Å². The van der Waals surface area contributed by atoms with Crippen molar-refractivity contribution < 1.29 is 9.53 Å². The molecule has 1 aromatic heterocycles. The van der Waals surface area contributed by atoms with Crippen LogP contribution in [0, 0.1) is 13.8 Å². The van der Waals surface area contributed by atoms with Gasteiger partial charge in [-0.05, 0) is 44.2 Å². The molecule has 2 atom stereocenters. The van der Waals surface area contributed by atoms with Crippen LogP contribution >= 0.6 is 0 Å². The van der Waals surface area contributed by atoms with E-state index in [1.165, 1.54) is 11.1 Å². The summed E-state index contributed by atoms with van der Waals surface area (Å²) in [5, 5.41) is 7.36. The van der Waals surface area contributed by atoms with E-state index in [1.807, 2.05) is 36.9 Å². The van der Waals surface area contributed by atoms with Gasteiger partial charge in [-0.15, -0.1) is 0 Å². The molecule has 2 aliphatic heterocycles. The lowest BCUT2D eigenvalue weighted by molar-refractivity contribution is -0.146. The number of carbonyl (C=O) groups is 1. The number of fused-ring (bicyclic) bond motifs is 1. The number of aryl methyl sites for hydroxylation is 2. The Bertz CT molecular complexity index is 748. The molecule has 1 amide bonds. The van der Waals surface area contributed by atoms with Gasteiger partial charge < -0.3 is 9.64 Å². The fraction of sp³-hybridized carbons (Fsp3) is 0.474. The second-order valence-electron chi connectivity index (χ2n) is 6.74. The van der Waals surface area contributed by atoms with Gasteiger partial charge in [0.05, 0.1) is 18.3 Å². The van der Waals surface area contributed by atoms with Gasteiger partial charge in [0.2, 0.25) is 0 Å². The molecule has 5 heteroatoms. The Balaban J connectivity index is 1.65. The van der Waals surface area contributed by atoms with Crippen LogP contribution in [-0.4, -0.2) is 34.2 Å². The molecule has 4 rings (SSSR count). The van der Waals surface area contributed by atoms with Gasteiger partial charge in [-0.25, -0.2) is 0 Å². The first kappa shape index (κ1) is 15.4. The highest BCUT2D eigenvalue weighted by atomic mass is 16.5. The monoisotopic (exact) mass is 325 g/mol. The molecule has 0 bridgehead atoms. The Hall–Kier alpha value is -2.14. The predicted octanol–water partition coefficient (Wildman–Crippen LogP) is 3.00. The third kappa shape index (κ3) is 2.44. The molecule has 1 N–H and O–H groups in total. The number of benzene rings is 1. The summed E-state index contributed by atoms with van der Waals surface area (Å²) >= 11 is 0. The van der Waals surface area contributed by atoms with Gasteiger partial charge in [0.15, 0.2) is 6.10 Å². The van der Waals surface area contributed by atoms with Gasteiger partial charge in [0.1, 0.15) is 0 Å². The molecule has 1 aromatic carbocycles. The molecule has 2 aliphatic rings. The highest BCUT2D eigenvalue weighted by Gasteiger charge is 2.38. The Morgan fingerprint density at radius 2 is 2.17 bits per heavy atom. The number of rotatable bonds is 2. The highest BCUT2D eigenvalue weighted by Crippen LogP contribution is 2.38. The highest BCUT2D eigenvalue weighted by molar-refractivity contribution is 5.83. The number of likely N-dealkylation sites (tertiary alicyclic amines) is 1. The van der Waals surface area contributed by atoms with Gasteiger partial charge in [0.25, 0.3) is 5.91 Å². The van der Waals surface area contributed by atoms with Crippen LogP contribution in [-0.2, 0) is 16.0 Å². The van der Waals surface area contributed by atoms with Crippen LogP contribution < -0.4 is 0 Å². The van der Waals surface area contributed by atoms with Gasteiger partial charge in [-0.1, -0.05) is 24.3 Å². The van der Waals surface area contributed by atoms with Crippen molar-refractivity contribution in [2.45, 2.75) is 45.3 Å². The summed E-state index contributed by atoms with van der Waals surface area (Å²) in [7, 11) is 0. The molecule has 0 spiro atoms. The molecule has 24 heavy (non-hydrogen) atoms. The van der Waals surface area contributed by atoms with E-state index < -0.39 is 6.10 Å². The zero-order valence-electron chi connectivity index (χ0n) is 14.2. The zero-order valence-corrected chi connectivity index (χ0v) is 14.2. The second-order valence-corrected chi connectivity index (χ2v) is 6.74. The number of H-pyrrole nitrogens is 1. The van der Waals surface area contributed by atoms with Crippen molar-refractivity contribution in [1.82, 2.24) is 15.1 Å². The maximum absolute atomic E-state index is 13.3. The van der Waals surface area contributed by atoms with Gasteiger partial charge in [-0.3, -0.25) is 9.89 Å². The summed E-state index contributed by atoms with van der Waals surface area (Å²) in [5.74, 6) is 0.0876. The summed E-state index contributed by atoms with van der Waals surface area (Å²) in [4.78, 5) is 15.3. The van der Waals surface area contributed by atoms with Crippen molar-refractivity contribution in [3.05, 3.63) is 52.3 Å². The summed E-state index contributed by atoms with van der Waals surface area (Å²) in [6.45, 7) is 5.43. The first-order chi connectivity index (χ1) is 11.7. The lowest BCUT2D eigenvalue weighted by atomic mass is 9.96. The lowest BCUT2D eigenvalue weighted by Gasteiger charge is -2.32. The Kier molecular flexibility index (Phi) is 3.88. The minimum absolute atomic E-state index is 0.0876. The number of aromatic nitrogens is 2. The van der Waals surface area contributed by atoms with E-state index in [1.54, 1.807) is 0 Å². The van der Waals surface area contributed by atoms with Gasteiger partial charge in [0, 0.05) is 17.8 Å². The molecule has 0 saturated carbocycles. The van der Waals surface area contributed by atoms with Gasteiger partial charge >= 0.3 is 0 Å². The number of aromatic amines is 1. The maximum Gasteiger partial charge on any atom is 0.256 e. The summed E-state index contributed by atoms with van der Waals surface area (Å²) in [6, 6.07) is 8.25. The Labute approximate surface area is 142 Å². The number of hydrogen-bond acceptors (Lipinski definition) is 3. The summed E-state index contributed by atoms with van der Waals surface area (Å²) in [6.07, 6.45) is 2.42. The Morgan fingerprint density at radius 1 is 1.33 bits per heavy atom. The smallest absolute Gasteiger partial charge is 0.256 e. The quantitative estimate of drug-likeness (QED) is 0.923. The molecular weight excluding hydrogens is 302 g/mol. The van der Waals surface area contributed by atoms with E-state index in [-0.39, 0.29) is 11.9 Å². The maximum atomic E-state index is 13.3. The minimum Gasteiger partial charge on any atom is -0.363 e. The van der Waals surface area contributed by atoms with Crippen molar-refractivity contribution in [2.75, 3.05) is 13.2 Å². The fourth-order valence-corrected chi connectivity index (χ4v) is 4.13. The molecular formula is C19H23N3O2. The lowest BCUT2D eigenvalue weighted by Crippen LogP contribution is -2.37. The van der Waals surface area contributed by atoms with Crippen molar-refractivity contribution in [3.8, 4) is 0 Å².